The Morgan fingerprint density at radius 2 is 1.97 bits per heavy atom. The molecule has 1 heterocycles. The van der Waals surface area contributed by atoms with E-state index in [1.165, 1.54) is 18.0 Å². The van der Waals surface area contributed by atoms with Crippen molar-refractivity contribution in [1.29, 1.82) is 0 Å². The maximum atomic E-state index is 12.1. The van der Waals surface area contributed by atoms with Crippen LogP contribution in [0, 0.1) is 0 Å². The number of hydrogen-bond donors (Lipinski definition) is 1. The number of carbonyl (C=O) groups excluding carboxylic acids is 1. The summed E-state index contributed by atoms with van der Waals surface area (Å²) in [6.07, 6.45) is 1.52. The van der Waals surface area contributed by atoms with Crippen molar-refractivity contribution in [2.45, 2.75) is 5.16 Å². The van der Waals surface area contributed by atoms with Gasteiger partial charge >= 0.3 is 0 Å². The second-order valence-corrected chi connectivity index (χ2v) is 6.86. The highest BCUT2D eigenvalue weighted by Gasteiger charge is 2.12. The highest BCUT2D eigenvalue weighted by Crippen LogP contribution is 2.23. The lowest BCUT2D eigenvalue weighted by molar-refractivity contribution is -0.118. The number of ether oxygens (including phenoxy) is 2. The van der Waals surface area contributed by atoms with E-state index < -0.39 is 0 Å². The summed E-state index contributed by atoms with van der Waals surface area (Å²) in [5.41, 5.74) is 4.20. The van der Waals surface area contributed by atoms with Crippen LogP contribution in [0.25, 0.3) is 11.4 Å². The van der Waals surface area contributed by atoms with Gasteiger partial charge in [-0.2, -0.15) is 5.10 Å². The predicted molar refractivity (Wildman–Crippen MR) is 112 cm³/mol. The lowest BCUT2D eigenvalue weighted by Crippen LogP contribution is -2.20. The zero-order chi connectivity index (χ0) is 20.6. The van der Waals surface area contributed by atoms with Crippen molar-refractivity contribution in [3.8, 4) is 22.9 Å². The molecule has 0 saturated heterocycles. The van der Waals surface area contributed by atoms with Crippen molar-refractivity contribution in [3.63, 3.8) is 0 Å². The van der Waals surface area contributed by atoms with Crippen molar-refractivity contribution in [2.75, 3.05) is 20.0 Å². The Morgan fingerprint density at radius 1 is 1.17 bits per heavy atom. The van der Waals surface area contributed by atoms with Gasteiger partial charge in [0.1, 0.15) is 11.5 Å². The summed E-state index contributed by atoms with van der Waals surface area (Å²) in [6.45, 7) is 0. The molecule has 0 unspecified atom stereocenters. The number of hydrazone groups is 1. The number of amides is 1. The zero-order valence-corrected chi connectivity index (χ0v) is 17.1. The van der Waals surface area contributed by atoms with Gasteiger partial charge in [0, 0.05) is 24.2 Å². The molecular weight excluding hydrogens is 390 g/mol. The molecule has 2 aromatic carbocycles. The van der Waals surface area contributed by atoms with Gasteiger partial charge < -0.3 is 14.0 Å². The van der Waals surface area contributed by atoms with E-state index in [2.05, 4.69) is 20.7 Å². The summed E-state index contributed by atoms with van der Waals surface area (Å²) in [4.78, 5) is 12.1. The van der Waals surface area contributed by atoms with Crippen LogP contribution in [0.3, 0.4) is 0 Å². The van der Waals surface area contributed by atoms with Gasteiger partial charge in [0.25, 0.3) is 5.91 Å². The third-order valence-electron chi connectivity index (χ3n) is 4.03. The van der Waals surface area contributed by atoms with E-state index in [4.69, 9.17) is 9.47 Å². The fourth-order valence-electron chi connectivity index (χ4n) is 2.54. The fraction of sp³-hybridized carbons (Fsp3) is 0.200. The first-order valence-electron chi connectivity index (χ1n) is 8.74. The molecule has 9 heteroatoms. The minimum atomic E-state index is -0.247. The van der Waals surface area contributed by atoms with Gasteiger partial charge in [-0.3, -0.25) is 4.79 Å². The van der Waals surface area contributed by atoms with Gasteiger partial charge in [0.2, 0.25) is 0 Å². The minimum absolute atomic E-state index is 0.165. The summed E-state index contributed by atoms with van der Waals surface area (Å²) in [5.74, 6) is 1.95. The van der Waals surface area contributed by atoms with Crippen LogP contribution < -0.4 is 14.9 Å². The Labute approximate surface area is 172 Å². The quantitative estimate of drug-likeness (QED) is 0.348. The molecule has 0 aliphatic heterocycles. The van der Waals surface area contributed by atoms with Crippen LogP contribution >= 0.6 is 11.8 Å². The van der Waals surface area contributed by atoms with E-state index in [0.29, 0.717) is 16.7 Å². The lowest BCUT2D eigenvalue weighted by atomic mass is 10.2. The maximum Gasteiger partial charge on any atom is 0.250 e. The van der Waals surface area contributed by atoms with Gasteiger partial charge in [-0.1, -0.05) is 42.1 Å². The van der Waals surface area contributed by atoms with Crippen molar-refractivity contribution in [1.82, 2.24) is 20.2 Å². The number of benzene rings is 2. The monoisotopic (exact) mass is 411 g/mol. The maximum absolute atomic E-state index is 12.1. The summed E-state index contributed by atoms with van der Waals surface area (Å²) < 4.78 is 12.3. The number of nitrogens with one attached hydrogen (secondary N) is 1. The Balaban J connectivity index is 1.56. The number of carbonyl (C=O) groups is 1. The molecule has 3 aromatic rings. The average molecular weight is 411 g/mol. The summed E-state index contributed by atoms with van der Waals surface area (Å²) in [6, 6.07) is 15.1. The predicted octanol–water partition coefficient (Wildman–Crippen LogP) is 2.74. The molecule has 29 heavy (non-hydrogen) atoms. The third-order valence-corrected chi connectivity index (χ3v) is 5.05. The van der Waals surface area contributed by atoms with Crippen LogP contribution in [0.1, 0.15) is 5.56 Å². The van der Waals surface area contributed by atoms with Crippen LogP contribution in [0.4, 0.5) is 0 Å². The van der Waals surface area contributed by atoms with Crippen LogP contribution in [0.15, 0.2) is 58.8 Å². The highest BCUT2D eigenvalue weighted by atomic mass is 32.2. The number of nitrogens with zero attached hydrogens (tertiary/aromatic N) is 4. The summed E-state index contributed by atoms with van der Waals surface area (Å²) in [7, 11) is 5.02. The molecule has 0 saturated carbocycles. The van der Waals surface area contributed by atoms with E-state index in [1.54, 1.807) is 32.4 Å². The normalized spacial score (nSPS) is 10.9. The Hall–Kier alpha value is -3.33. The molecule has 0 aliphatic carbocycles. The van der Waals surface area contributed by atoms with Crippen LogP contribution in [0.2, 0.25) is 0 Å². The molecule has 0 fully saturated rings. The zero-order valence-electron chi connectivity index (χ0n) is 16.3. The molecular formula is C20H21N5O3S. The average Bonchev–Trinajstić information content (AvgIpc) is 3.13. The first kappa shape index (κ1) is 20.4. The SMILES string of the molecule is COc1ccc(/C=N/NC(=O)CSc2nnc(-c3ccccc3)n2C)c(OC)c1. The largest absolute Gasteiger partial charge is 0.497 e. The molecule has 150 valence electrons. The molecule has 0 spiro atoms. The lowest BCUT2D eigenvalue weighted by Gasteiger charge is -2.07. The number of hydrogen-bond acceptors (Lipinski definition) is 7. The van der Waals surface area contributed by atoms with Crippen LogP contribution in [-0.2, 0) is 11.8 Å². The van der Waals surface area contributed by atoms with Crippen molar-refractivity contribution in [2.24, 2.45) is 12.1 Å². The number of methoxy groups -OCH3 is 2. The molecule has 0 radical (unpaired) electrons. The molecule has 0 atom stereocenters. The number of thioether (sulfide) groups is 1. The first-order chi connectivity index (χ1) is 14.1. The van der Waals surface area contributed by atoms with Crippen molar-refractivity contribution in [3.05, 3.63) is 54.1 Å². The minimum Gasteiger partial charge on any atom is -0.497 e. The second-order valence-electron chi connectivity index (χ2n) is 5.92. The van der Waals surface area contributed by atoms with Gasteiger partial charge in [-0.25, -0.2) is 5.43 Å². The Morgan fingerprint density at radius 3 is 2.69 bits per heavy atom. The molecule has 0 aliphatic rings. The number of rotatable bonds is 8. The molecule has 1 N–H and O–H groups in total. The third kappa shape index (κ3) is 5.14. The smallest absolute Gasteiger partial charge is 0.250 e. The molecule has 3 rings (SSSR count). The summed E-state index contributed by atoms with van der Waals surface area (Å²) >= 11 is 1.29. The highest BCUT2D eigenvalue weighted by molar-refractivity contribution is 7.99. The standard InChI is InChI=1S/C20H21N5O3S/c1-25-19(14-7-5-4-6-8-14)23-24-20(25)29-13-18(26)22-21-12-15-9-10-16(27-2)11-17(15)28-3/h4-12H,13H2,1-3H3,(H,22,26)/b21-12+. The number of aromatic nitrogens is 3. The van der Waals surface area contributed by atoms with Gasteiger partial charge in [0.05, 0.1) is 26.2 Å². The molecule has 0 bridgehead atoms. The van der Waals surface area contributed by atoms with Crippen LogP contribution in [-0.4, -0.2) is 46.9 Å². The van der Waals surface area contributed by atoms with E-state index in [-0.39, 0.29) is 11.7 Å². The summed E-state index contributed by atoms with van der Waals surface area (Å²) in [5, 5.41) is 13.0. The Kier molecular flexibility index (Phi) is 6.85. The van der Waals surface area contributed by atoms with E-state index in [9.17, 15) is 4.79 Å². The van der Waals surface area contributed by atoms with Gasteiger partial charge in [0.15, 0.2) is 11.0 Å². The van der Waals surface area contributed by atoms with Crippen molar-refractivity contribution >= 4 is 23.9 Å². The topological polar surface area (TPSA) is 90.6 Å². The second kappa shape index (κ2) is 9.74. The van der Waals surface area contributed by atoms with E-state index in [1.807, 2.05) is 41.9 Å². The van der Waals surface area contributed by atoms with E-state index in [0.717, 1.165) is 17.0 Å². The van der Waals surface area contributed by atoms with Crippen LogP contribution in [0.5, 0.6) is 11.5 Å². The molecule has 1 amide bonds. The molecule has 8 nitrogen and oxygen atoms in total. The fourth-order valence-corrected chi connectivity index (χ4v) is 3.24. The van der Waals surface area contributed by atoms with Gasteiger partial charge in [-0.05, 0) is 12.1 Å². The Bertz CT molecular complexity index is 1000. The van der Waals surface area contributed by atoms with Gasteiger partial charge in [-0.15, -0.1) is 10.2 Å². The molecule has 1 aromatic heterocycles. The first-order valence-corrected chi connectivity index (χ1v) is 9.72. The van der Waals surface area contributed by atoms with E-state index >= 15 is 0 Å². The van der Waals surface area contributed by atoms with Crippen molar-refractivity contribution < 1.29 is 14.3 Å².